The molecule has 2 amide bonds. The Kier molecular flexibility index (Phi) is 8.65. The second kappa shape index (κ2) is 12.1. The molecule has 194 valence electrons. The maximum Gasteiger partial charge on any atom is 0.276 e. The SMILES string of the molecule is O=C(Cc1ccc(NC(=O)c2nc[nH]c2C(=O)NCCN2CCC(O)CC2)cc1)c1ccc(F)cc1Cl. The lowest BCUT2D eigenvalue weighted by Crippen LogP contribution is -2.41. The first-order valence-corrected chi connectivity index (χ1v) is 12.3. The van der Waals surface area contributed by atoms with Gasteiger partial charge in [0, 0.05) is 43.9 Å². The molecule has 0 radical (unpaired) electrons. The summed E-state index contributed by atoms with van der Waals surface area (Å²) in [5.74, 6) is -1.77. The number of halogens is 2. The third-order valence-corrected chi connectivity index (χ3v) is 6.47. The smallest absolute Gasteiger partial charge is 0.276 e. The molecule has 0 unspecified atom stereocenters. The first-order valence-electron chi connectivity index (χ1n) is 11.9. The number of hydrogen-bond donors (Lipinski definition) is 4. The van der Waals surface area contributed by atoms with Crippen LogP contribution in [0.5, 0.6) is 0 Å². The predicted octanol–water partition coefficient (Wildman–Crippen LogP) is 3.07. The fourth-order valence-corrected chi connectivity index (χ4v) is 4.36. The van der Waals surface area contributed by atoms with E-state index in [2.05, 4.69) is 25.5 Å². The van der Waals surface area contributed by atoms with Crippen LogP contribution < -0.4 is 10.6 Å². The van der Waals surface area contributed by atoms with Crippen molar-refractivity contribution in [3.8, 4) is 0 Å². The number of benzene rings is 2. The maximum atomic E-state index is 13.2. The zero-order valence-electron chi connectivity index (χ0n) is 20.0. The van der Waals surface area contributed by atoms with Gasteiger partial charge in [0.15, 0.2) is 11.5 Å². The van der Waals surface area contributed by atoms with Crippen LogP contribution in [0.4, 0.5) is 10.1 Å². The predicted molar refractivity (Wildman–Crippen MR) is 136 cm³/mol. The molecule has 0 atom stereocenters. The van der Waals surface area contributed by atoms with Gasteiger partial charge in [0.25, 0.3) is 11.8 Å². The van der Waals surface area contributed by atoms with E-state index in [9.17, 15) is 23.9 Å². The Morgan fingerprint density at radius 2 is 1.84 bits per heavy atom. The number of nitrogens with one attached hydrogen (secondary N) is 3. The van der Waals surface area contributed by atoms with Crippen LogP contribution in [0.1, 0.15) is 49.7 Å². The van der Waals surface area contributed by atoms with Crippen molar-refractivity contribution < 1.29 is 23.9 Å². The number of ketones is 1. The van der Waals surface area contributed by atoms with E-state index in [0.29, 0.717) is 24.3 Å². The highest BCUT2D eigenvalue weighted by molar-refractivity contribution is 6.34. The molecule has 0 aliphatic carbocycles. The second-order valence-electron chi connectivity index (χ2n) is 8.83. The summed E-state index contributed by atoms with van der Waals surface area (Å²) in [6, 6.07) is 10.3. The van der Waals surface area contributed by atoms with Crippen molar-refractivity contribution in [2.45, 2.75) is 25.4 Å². The van der Waals surface area contributed by atoms with E-state index >= 15 is 0 Å². The first kappa shape index (κ1) is 26.5. The van der Waals surface area contributed by atoms with E-state index in [1.807, 2.05) is 0 Å². The molecule has 0 saturated carbocycles. The molecule has 2 aromatic carbocycles. The monoisotopic (exact) mass is 527 g/mol. The largest absolute Gasteiger partial charge is 0.393 e. The van der Waals surface area contributed by atoms with Crippen LogP contribution >= 0.6 is 11.6 Å². The van der Waals surface area contributed by atoms with Crippen LogP contribution in [0.2, 0.25) is 5.02 Å². The lowest BCUT2D eigenvalue weighted by Gasteiger charge is -2.29. The number of piperidine rings is 1. The Labute approximate surface area is 218 Å². The number of anilines is 1. The summed E-state index contributed by atoms with van der Waals surface area (Å²) < 4.78 is 13.2. The standard InChI is InChI=1S/C26H27ClFN5O4/c27-21-14-17(28)3-6-20(21)22(35)13-16-1-4-18(5-2-16)32-26(37)24-23(30-15-31-24)25(36)29-9-12-33-10-7-19(34)8-11-33/h1-6,14-15,19,34H,7-13H2,(H,29,36)(H,30,31)(H,32,37). The van der Waals surface area contributed by atoms with E-state index in [1.165, 1.54) is 18.5 Å². The summed E-state index contributed by atoms with van der Waals surface area (Å²) in [7, 11) is 0. The molecular weight excluding hydrogens is 501 g/mol. The van der Waals surface area contributed by atoms with Gasteiger partial charge in [-0.1, -0.05) is 23.7 Å². The molecule has 1 saturated heterocycles. The van der Waals surface area contributed by atoms with Crippen LogP contribution in [-0.4, -0.2) is 69.9 Å². The molecule has 4 N–H and O–H groups in total. The van der Waals surface area contributed by atoms with Crippen LogP contribution in [0.25, 0.3) is 0 Å². The molecule has 11 heteroatoms. The molecule has 2 heterocycles. The van der Waals surface area contributed by atoms with Crippen molar-refractivity contribution >= 4 is 34.9 Å². The normalized spacial score (nSPS) is 14.4. The molecule has 37 heavy (non-hydrogen) atoms. The number of aromatic amines is 1. The summed E-state index contributed by atoms with van der Waals surface area (Å²) in [6.07, 6.45) is 2.53. The number of aliphatic hydroxyl groups is 1. The van der Waals surface area contributed by atoms with Crippen molar-refractivity contribution in [1.29, 1.82) is 0 Å². The molecule has 4 rings (SSSR count). The molecule has 3 aromatic rings. The van der Waals surface area contributed by atoms with Gasteiger partial charge in [0.05, 0.1) is 17.5 Å². The minimum absolute atomic E-state index is 0.0381. The number of imidazole rings is 1. The third-order valence-electron chi connectivity index (χ3n) is 6.16. The first-order chi connectivity index (χ1) is 17.8. The van der Waals surface area contributed by atoms with Gasteiger partial charge in [-0.25, -0.2) is 9.37 Å². The fourth-order valence-electron chi connectivity index (χ4n) is 4.09. The van der Waals surface area contributed by atoms with E-state index in [4.69, 9.17) is 11.6 Å². The van der Waals surface area contributed by atoms with Crippen LogP contribution in [0, 0.1) is 5.82 Å². The van der Waals surface area contributed by atoms with Gasteiger partial charge in [-0.3, -0.25) is 14.4 Å². The number of H-pyrrole nitrogens is 1. The second-order valence-corrected chi connectivity index (χ2v) is 9.24. The highest BCUT2D eigenvalue weighted by atomic mass is 35.5. The van der Waals surface area contributed by atoms with E-state index < -0.39 is 17.6 Å². The van der Waals surface area contributed by atoms with Gasteiger partial charge in [0.2, 0.25) is 0 Å². The number of carbonyl (C=O) groups excluding carboxylic acids is 3. The average molecular weight is 528 g/mol. The maximum absolute atomic E-state index is 13.2. The average Bonchev–Trinajstić information content (AvgIpc) is 3.37. The summed E-state index contributed by atoms with van der Waals surface area (Å²) in [6.45, 7) is 2.61. The lowest BCUT2D eigenvalue weighted by atomic mass is 10.0. The molecular formula is C26H27ClFN5O4. The zero-order chi connectivity index (χ0) is 26.4. The van der Waals surface area contributed by atoms with Gasteiger partial charge in [0.1, 0.15) is 11.5 Å². The van der Waals surface area contributed by atoms with Crippen LogP contribution in [0.15, 0.2) is 48.8 Å². The Morgan fingerprint density at radius 3 is 2.54 bits per heavy atom. The Bertz CT molecular complexity index is 1270. The summed E-state index contributed by atoms with van der Waals surface area (Å²) in [4.78, 5) is 46.7. The molecule has 0 spiro atoms. The highest BCUT2D eigenvalue weighted by Gasteiger charge is 2.21. The van der Waals surface area contributed by atoms with Crippen molar-refractivity contribution in [2.24, 2.45) is 0 Å². The lowest BCUT2D eigenvalue weighted by molar-refractivity contribution is 0.0803. The number of hydrogen-bond acceptors (Lipinski definition) is 6. The number of aliphatic hydroxyl groups excluding tert-OH is 1. The van der Waals surface area contributed by atoms with Crippen molar-refractivity contribution in [3.63, 3.8) is 0 Å². The van der Waals surface area contributed by atoms with Crippen molar-refractivity contribution in [1.82, 2.24) is 20.2 Å². The van der Waals surface area contributed by atoms with Gasteiger partial charge >= 0.3 is 0 Å². The minimum atomic E-state index is -0.557. The Balaban J connectivity index is 1.30. The molecule has 1 aliphatic heterocycles. The number of aromatic nitrogens is 2. The molecule has 1 aromatic heterocycles. The summed E-state index contributed by atoms with van der Waals surface area (Å²) in [5, 5.41) is 15.1. The van der Waals surface area contributed by atoms with Crippen LogP contribution in [-0.2, 0) is 6.42 Å². The molecule has 0 bridgehead atoms. The van der Waals surface area contributed by atoms with Gasteiger partial charge in [-0.15, -0.1) is 0 Å². The number of Topliss-reactive ketones (excluding diaryl/α,β-unsaturated/α-hetero) is 1. The molecule has 1 fully saturated rings. The minimum Gasteiger partial charge on any atom is -0.393 e. The summed E-state index contributed by atoms with van der Waals surface area (Å²) in [5.41, 5.74) is 1.40. The fraction of sp³-hybridized carbons (Fsp3) is 0.308. The number of likely N-dealkylation sites (tertiary alicyclic amines) is 1. The quantitative estimate of drug-likeness (QED) is 0.317. The summed E-state index contributed by atoms with van der Waals surface area (Å²) >= 11 is 5.97. The van der Waals surface area contributed by atoms with Crippen LogP contribution in [0.3, 0.4) is 0 Å². The Hall–Kier alpha value is -3.60. The van der Waals surface area contributed by atoms with Gasteiger partial charge in [-0.05, 0) is 48.7 Å². The highest BCUT2D eigenvalue weighted by Crippen LogP contribution is 2.20. The Morgan fingerprint density at radius 1 is 1.11 bits per heavy atom. The number of nitrogens with zero attached hydrogens (tertiary/aromatic N) is 2. The third kappa shape index (κ3) is 7.00. The topological polar surface area (TPSA) is 127 Å². The molecule has 1 aliphatic rings. The van der Waals surface area contributed by atoms with E-state index in [1.54, 1.807) is 24.3 Å². The van der Waals surface area contributed by atoms with Gasteiger partial charge < -0.3 is 25.6 Å². The number of amides is 2. The molecule has 9 nitrogen and oxygen atoms in total. The number of rotatable bonds is 9. The van der Waals surface area contributed by atoms with E-state index in [0.717, 1.165) is 32.0 Å². The van der Waals surface area contributed by atoms with E-state index in [-0.39, 0.29) is 40.3 Å². The van der Waals surface area contributed by atoms with Crippen molar-refractivity contribution in [3.05, 3.63) is 82.1 Å². The number of carbonyl (C=O) groups is 3. The van der Waals surface area contributed by atoms with Gasteiger partial charge in [-0.2, -0.15) is 0 Å². The van der Waals surface area contributed by atoms with Crippen molar-refractivity contribution in [2.75, 3.05) is 31.5 Å². The zero-order valence-corrected chi connectivity index (χ0v) is 20.7.